The number of amides is 1. The molecule has 1 aromatic carbocycles. The number of thiophene rings is 1. The van der Waals surface area contributed by atoms with Crippen molar-refractivity contribution in [2.75, 3.05) is 7.11 Å². The number of carbonyl (C=O) groups excluding carboxylic acids is 1. The Labute approximate surface area is 128 Å². The number of benzene rings is 1. The molecule has 5 heteroatoms. The fraction of sp³-hybridized carbons (Fsp3) is 0.250. The molecule has 0 unspecified atom stereocenters. The van der Waals surface area contributed by atoms with Crippen LogP contribution in [0.4, 0.5) is 0 Å². The molecule has 0 spiro atoms. The highest BCUT2D eigenvalue weighted by molar-refractivity contribution is 7.14. The van der Waals surface area contributed by atoms with Crippen LogP contribution in [0.2, 0.25) is 0 Å². The number of ether oxygens (including phenoxy) is 1. The molecule has 1 N–H and O–H groups in total. The van der Waals surface area contributed by atoms with Gasteiger partial charge < -0.3 is 4.74 Å². The first-order chi connectivity index (χ1) is 10.1. The zero-order valence-electron chi connectivity index (χ0n) is 12.3. The Morgan fingerprint density at radius 2 is 2.14 bits per heavy atom. The molecule has 0 saturated heterocycles. The van der Waals surface area contributed by atoms with Gasteiger partial charge in [0.15, 0.2) is 0 Å². The normalized spacial score (nSPS) is 11.3. The third-order valence-electron chi connectivity index (χ3n) is 3.02. The molecule has 0 radical (unpaired) electrons. The van der Waals surface area contributed by atoms with E-state index >= 15 is 0 Å². The van der Waals surface area contributed by atoms with E-state index in [0.29, 0.717) is 11.3 Å². The van der Waals surface area contributed by atoms with Gasteiger partial charge in [-0.25, -0.2) is 5.43 Å². The van der Waals surface area contributed by atoms with Crippen molar-refractivity contribution in [3.05, 3.63) is 51.7 Å². The van der Waals surface area contributed by atoms with E-state index in [4.69, 9.17) is 4.74 Å². The summed E-state index contributed by atoms with van der Waals surface area (Å²) in [7, 11) is 1.57. The third kappa shape index (κ3) is 3.92. The van der Waals surface area contributed by atoms with Crippen LogP contribution in [0.5, 0.6) is 5.75 Å². The van der Waals surface area contributed by atoms with Gasteiger partial charge in [-0.2, -0.15) is 5.10 Å². The van der Waals surface area contributed by atoms with Crippen molar-refractivity contribution in [3.63, 3.8) is 0 Å². The van der Waals surface area contributed by atoms with E-state index in [0.717, 1.165) is 17.0 Å². The van der Waals surface area contributed by atoms with E-state index in [9.17, 15) is 4.79 Å². The lowest BCUT2D eigenvalue weighted by Gasteiger charge is -2.04. The Kier molecular flexibility index (Phi) is 5.11. The predicted molar refractivity (Wildman–Crippen MR) is 86.4 cm³/mol. The van der Waals surface area contributed by atoms with Crippen LogP contribution in [0.1, 0.15) is 34.0 Å². The predicted octanol–water partition coefficient (Wildman–Crippen LogP) is 3.47. The minimum absolute atomic E-state index is 0.250. The number of carbonyl (C=O) groups is 1. The summed E-state index contributed by atoms with van der Waals surface area (Å²) >= 11 is 1.69. The molecule has 21 heavy (non-hydrogen) atoms. The second-order valence-electron chi connectivity index (χ2n) is 4.49. The zero-order valence-corrected chi connectivity index (χ0v) is 13.2. The van der Waals surface area contributed by atoms with Crippen LogP contribution >= 0.6 is 11.3 Å². The Morgan fingerprint density at radius 3 is 2.81 bits per heavy atom. The smallest absolute Gasteiger partial charge is 0.271 e. The fourth-order valence-electron chi connectivity index (χ4n) is 1.78. The summed E-state index contributed by atoms with van der Waals surface area (Å²) < 4.78 is 5.10. The molecule has 1 aromatic heterocycles. The topological polar surface area (TPSA) is 50.7 Å². The lowest BCUT2D eigenvalue weighted by molar-refractivity contribution is 0.0954. The van der Waals surface area contributed by atoms with Gasteiger partial charge in [-0.1, -0.05) is 13.0 Å². The van der Waals surface area contributed by atoms with Crippen LogP contribution in [-0.4, -0.2) is 18.7 Å². The second-order valence-corrected chi connectivity index (χ2v) is 5.66. The van der Waals surface area contributed by atoms with Crippen molar-refractivity contribution in [2.45, 2.75) is 20.3 Å². The molecule has 0 aliphatic heterocycles. The molecule has 110 valence electrons. The van der Waals surface area contributed by atoms with Gasteiger partial charge in [-0.05, 0) is 43.7 Å². The monoisotopic (exact) mass is 302 g/mol. The van der Waals surface area contributed by atoms with E-state index in [-0.39, 0.29) is 5.91 Å². The quantitative estimate of drug-likeness (QED) is 0.679. The molecule has 1 heterocycles. The number of methoxy groups -OCH3 is 1. The number of rotatable bonds is 5. The maximum Gasteiger partial charge on any atom is 0.271 e. The molecule has 1 amide bonds. The lowest BCUT2D eigenvalue weighted by Crippen LogP contribution is -2.19. The van der Waals surface area contributed by atoms with Gasteiger partial charge in [0.05, 0.1) is 17.7 Å². The first kappa shape index (κ1) is 15.3. The van der Waals surface area contributed by atoms with E-state index < -0.39 is 0 Å². The summed E-state index contributed by atoms with van der Waals surface area (Å²) in [6.45, 7) is 4.00. The Hall–Kier alpha value is -2.14. The van der Waals surface area contributed by atoms with E-state index in [1.54, 1.807) is 42.7 Å². The van der Waals surface area contributed by atoms with Crippen LogP contribution in [0.15, 0.2) is 41.5 Å². The Morgan fingerprint density at radius 1 is 1.33 bits per heavy atom. The summed E-state index contributed by atoms with van der Waals surface area (Å²) in [5.41, 5.74) is 3.90. The first-order valence-corrected chi connectivity index (χ1v) is 7.53. The van der Waals surface area contributed by atoms with Crippen LogP contribution in [-0.2, 0) is 6.42 Å². The Balaban J connectivity index is 2.06. The van der Waals surface area contributed by atoms with Crippen molar-refractivity contribution in [3.8, 4) is 5.75 Å². The fourth-order valence-corrected chi connectivity index (χ4v) is 2.67. The molecule has 2 rings (SSSR count). The first-order valence-electron chi connectivity index (χ1n) is 6.71. The van der Waals surface area contributed by atoms with Gasteiger partial charge in [0, 0.05) is 10.4 Å². The third-order valence-corrected chi connectivity index (χ3v) is 4.36. The van der Waals surface area contributed by atoms with Gasteiger partial charge in [-0.3, -0.25) is 4.79 Å². The highest BCUT2D eigenvalue weighted by atomic mass is 32.1. The maximum atomic E-state index is 12.0. The highest BCUT2D eigenvalue weighted by Gasteiger charge is 2.07. The van der Waals surface area contributed by atoms with Crippen LogP contribution < -0.4 is 10.2 Å². The SMILES string of the molecule is CCc1ccc(C(C)=NNC(=O)c2cccc(OC)c2)s1. The second kappa shape index (κ2) is 7.04. The summed E-state index contributed by atoms with van der Waals surface area (Å²) in [5, 5.41) is 4.16. The summed E-state index contributed by atoms with van der Waals surface area (Å²) in [4.78, 5) is 14.4. The van der Waals surface area contributed by atoms with Crippen molar-refractivity contribution in [1.29, 1.82) is 0 Å². The molecular formula is C16H18N2O2S. The number of hydrazone groups is 1. The van der Waals surface area contributed by atoms with Crippen LogP contribution in [0, 0.1) is 0 Å². The molecule has 0 bridgehead atoms. The minimum atomic E-state index is -0.250. The molecule has 2 aromatic rings. The molecule has 0 saturated carbocycles. The molecule has 0 aliphatic carbocycles. The molecule has 0 fully saturated rings. The molecule has 0 aliphatic rings. The summed E-state index contributed by atoms with van der Waals surface area (Å²) in [6.07, 6.45) is 1.01. The van der Waals surface area contributed by atoms with Crippen LogP contribution in [0.3, 0.4) is 0 Å². The number of nitrogens with one attached hydrogen (secondary N) is 1. The maximum absolute atomic E-state index is 12.0. The highest BCUT2D eigenvalue weighted by Crippen LogP contribution is 2.17. The van der Waals surface area contributed by atoms with Gasteiger partial charge in [-0.15, -0.1) is 11.3 Å². The minimum Gasteiger partial charge on any atom is -0.497 e. The van der Waals surface area contributed by atoms with Gasteiger partial charge >= 0.3 is 0 Å². The number of hydrogen-bond acceptors (Lipinski definition) is 4. The van der Waals surface area contributed by atoms with Crippen molar-refractivity contribution in [1.82, 2.24) is 5.43 Å². The number of nitrogens with zero attached hydrogens (tertiary/aromatic N) is 1. The Bertz CT molecular complexity index is 662. The van der Waals surface area contributed by atoms with Gasteiger partial charge in [0.25, 0.3) is 5.91 Å². The standard InChI is InChI=1S/C16H18N2O2S/c1-4-14-8-9-15(21-14)11(2)17-18-16(19)12-6-5-7-13(10-12)20-3/h5-10H,4H2,1-3H3,(H,18,19). The van der Waals surface area contributed by atoms with Gasteiger partial charge in [0.2, 0.25) is 0 Å². The number of aryl methyl sites for hydroxylation is 1. The average molecular weight is 302 g/mol. The van der Waals surface area contributed by atoms with E-state index in [2.05, 4.69) is 23.5 Å². The molecular weight excluding hydrogens is 284 g/mol. The average Bonchev–Trinajstić information content (AvgIpc) is 3.01. The molecule has 0 atom stereocenters. The molecule has 4 nitrogen and oxygen atoms in total. The number of hydrogen-bond donors (Lipinski definition) is 1. The van der Waals surface area contributed by atoms with Crippen LogP contribution in [0.25, 0.3) is 0 Å². The summed E-state index contributed by atoms with van der Waals surface area (Å²) in [6, 6.07) is 11.1. The summed E-state index contributed by atoms with van der Waals surface area (Å²) in [5.74, 6) is 0.398. The zero-order chi connectivity index (χ0) is 15.2. The van der Waals surface area contributed by atoms with Crippen molar-refractivity contribution < 1.29 is 9.53 Å². The lowest BCUT2D eigenvalue weighted by atomic mass is 10.2. The van der Waals surface area contributed by atoms with Crippen molar-refractivity contribution in [2.24, 2.45) is 5.10 Å². The van der Waals surface area contributed by atoms with Gasteiger partial charge in [0.1, 0.15) is 5.75 Å². The van der Waals surface area contributed by atoms with E-state index in [1.807, 2.05) is 13.0 Å². The largest absolute Gasteiger partial charge is 0.497 e. The van der Waals surface area contributed by atoms with E-state index in [1.165, 1.54) is 4.88 Å². The van der Waals surface area contributed by atoms with Crippen molar-refractivity contribution >= 4 is 23.0 Å².